The summed E-state index contributed by atoms with van der Waals surface area (Å²) in [4.78, 5) is 1.30. The molecule has 32 heavy (non-hydrogen) atoms. The van der Waals surface area contributed by atoms with E-state index in [4.69, 9.17) is 23.8 Å². The molecule has 3 rings (SSSR count). The van der Waals surface area contributed by atoms with Gasteiger partial charge in [-0.05, 0) is 47.4 Å². The molecule has 0 bridgehead atoms. The largest absolute Gasteiger partial charge is 0.501 e. The minimum Gasteiger partial charge on any atom is -0.501 e. The Morgan fingerprint density at radius 1 is 1.09 bits per heavy atom. The van der Waals surface area contributed by atoms with Crippen molar-refractivity contribution >= 4 is 69.0 Å². The summed E-state index contributed by atoms with van der Waals surface area (Å²) >= 11 is 13.4. The molecule has 0 aliphatic rings. The monoisotopic (exact) mass is 511 g/mol. The first-order valence-corrected chi connectivity index (χ1v) is 12.1. The van der Waals surface area contributed by atoms with Crippen molar-refractivity contribution < 1.29 is 18.5 Å². The molecule has 3 aromatic rings. The van der Waals surface area contributed by atoms with Crippen molar-refractivity contribution in [3.8, 4) is 0 Å². The minimum atomic E-state index is -2.48. The van der Waals surface area contributed by atoms with Crippen LogP contribution in [0, 0.1) is 0 Å². The average molecular weight is 512 g/mol. The number of alkyl halides is 2. The van der Waals surface area contributed by atoms with Crippen molar-refractivity contribution in [1.82, 2.24) is 0 Å². The van der Waals surface area contributed by atoms with Gasteiger partial charge in [0.2, 0.25) is 5.76 Å². The van der Waals surface area contributed by atoms with Gasteiger partial charge in [-0.1, -0.05) is 56.4 Å². The number of nitrogens with zero attached hydrogens (tertiary/aromatic N) is 1. The molecule has 0 aliphatic heterocycles. The molecule has 0 unspecified atom stereocenters. The van der Waals surface area contributed by atoms with E-state index in [1.807, 2.05) is 24.5 Å². The minimum absolute atomic E-state index is 0.0159. The molecule has 2 heterocycles. The predicted octanol–water partition coefficient (Wildman–Crippen LogP) is 7.62. The number of pyridine rings is 1. The topological polar surface area (TPSA) is 36.1 Å². The maximum absolute atomic E-state index is 12.6. The van der Waals surface area contributed by atoms with E-state index in [-0.39, 0.29) is 16.2 Å². The van der Waals surface area contributed by atoms with Crippen LogP contribution in [0.2, 0.25) is 4.34 Å². The molecule has 0 radical (unpaired) electrons. The van der Waals surface area contributed by atoms with Gasteiger partial charge in [-0.2, -0.15) is 13.3 Å². The van der Waals surface area contributed by atoms with Gasteiger partial charge in [0.25, 0.3) is 11.5 Å². The number of rotatable bonds is 6. The fourth-order valence-electron chi connectivity index (χ4n) is 2.89. The van der Waals surface area contributed by atoms with Crippen molar-refractivity contribution in [1.29, 1.82) is 0 Å². The molecule has 0 atom stereocenters. The third-order valence-electron chi connectivity index (χ3n) is 4.54. The lowest BCUT2D eigenvalue weighted by molar-refractivity contribution is -0.575. The van der Waals surface area contributed by atoms with Gasteiger partial charge in [0, 0.05) is 22.7 Å². The zero-order chi connectivity index (χ0) is 23.5. The van der Waals surface area contributed by atoms with Crippen molar-refractivity contribution in [2.45, 2.75) is 36.8 Å². The van der Waals surface area contributed by atoms with Gasteiger partial charge < -0.3 is 10.4 Å². The average Bonchev–Trinajstić information content (AvgIpc) is 3.15. The summed E-state index contributed by atoms with van der Waals surface area (Å²) in [7, 11) is 0. The molecule has 0 aliphatic carbocycles. The Morgan fingerprint density at radius 2 is 1.72 bits per heavy atom. The van der Waals surface area contributed by atoms with Crippen LogP contribution >= 0.6 is 46.9 Å². The smallest absolute Gasteiger partial charge is 0.289 e. The quantitative estimate of drug-likeness (QED) is 0.117. The van der Waals surface area contributed by atoms with E-state index in [9.17, 15) is 13.9 Å². The summed E-state index contributed by atoms with van der Waals surface area (Å²) in [6.07, 6.45) is 3.69. The first-order valence-electron chi connectivity index (χ1n) is 9.62. The molecule has 0 fully saturated rings. The van der Waals surface area contributed by atoms with Crippen LogP contribution in [0.4, 0.5) is 14.5 Å². The molecule has 3 nitrogen and oxygen atoms in total. The molecular formula is C23H22ClF2N2OS3+. The summed E-state index contributed by atoms with van der Waals surface area (Å²) in [5.74, 6) is -2.50. The second-order valence-corrected chi connectivity index (χ2v) is 11.1. The molecule has 1 aromatic carbocycles. The van der Waals surface area contributed by atoms with Crippen molar-refractivity contribution in [2.75, 3.05) is 5.32 Å². The number of aliphatic hydroxyl groups excluding tert-OH is 1. The Bertz CT molecular complexity index is 1120. The van der Waals surface area contributed by atoms with Crippen LogP contribution in [-0.2, 0) is 5.41 Å². The number of hydrogen-bond acceptors (Lipinski definition) is 4. The lowest BCUT2D eigenvalue weighted by atomic mass is 9.88. The van der Waals surface area contributed by atoms with Crippen molar-refractivity contribution in [2.24, 2.45) is 0 Å². The molecule has 0 saturated heterocycles. The van der Waals surface area contributed by atoms with Crippen molar-refractivity contribution in [3.63, 3.8) is 0 Å². The number of anilines is 1. The number of benzene rings is 1. The fourth-order valence-corrected chi connectivity index (χ4v) is 4.70. The SMILES string of the molecule is CC(C)(C)c1cc[n+](/C(C(=S)Nc2ccc(SC(F)F)cc2)=C(\O)c2ccc(Cl)s2)cc1. The molecule has 168 valence electrons. The van der Waals surface area contributed by atoms with Crippen LogP contribution in [0.1, 0.15) is 31.2 Å². The van der Waals surface area contributed by atoms with Gasteiger partial charge >= 0.3 is 0 Å². The summed E-state index contributed by atoms with van der Waals surface area (Å²) in [5.41, 5.74) is 2.11. The lowest BCUT2D eigenvalue weighted by Gasteiger charge is -2.18. The highest BCUT2D eigenvalue weighted by Gasteiger charge is 2.26. The molecule has 2 aromatic heterocycles. The first kappa shape index (κ1) is 24.6. The molecule has 0 amide bonds. The third-order valence-corrected chi connectivity index (χ3v) is 6.79. The van der Waals surface area contributed by atoms with Crippen LogP contribution in [0.15, 0.2) is 65.8 Å². The van der Waals surface area contributed by atoms with Crippen LogP contribution in [0.5, 0.6) is 0 Å². The Labute approximate surface area is 204 Å². The van der Waals surface area contributed by atoms with E-state index < -0.39 is 5.76 Å². The van der Waals surface area contributed by atoms with Gasteiger partial charge in [0.1, 0.15) is 0 Å². The first-order chi connectivity index (χ1) is 15.0. The standard InChI is InChI=1S/C23H21ClF2N2OS3/c1-23(2,3)14-10-12-28(13-11-14)19(20(29)17-8-9-18(24)32-17)21(30)27-15-4-6-16(7-5-15)31-22(25)26/h4-13,22H,1-3H3,(H-,27,29,30)/p+1. The highest BCUT2D eigenvalue weighted by atomic mass is 35.5. The zero-order valence-electron chi connectivity index (χ0n) is 17.6. The van der Waals surface area contributed by atoms with E-state index in [0.717, 1.165) is 5.56 Å². The molecular weight excluding hydrogens is 490 g/mol. The van der Waals surface area contributed by atoms with Crippen LogP contribution in [-0.4, -0.2) is 15.9 Å². The Kier molecular flexibility index (Phi) is 7.92. The lowest BCUT2D eigenvalue weighted by Crippen LogP contribution is -2.38. The van der Waals surface area contributed by atoms with Gasteiger partial charge in [-0.25, -0.2) is 0 Å². The maximum Gasteiger partial charge on any atom is 0.289 e. The van der Waals surface area contributed by atoms with Crippen LogP contribution in [0.25, 0.3) is 11.5 Å². The summed E-state index contributed by atoms with van der Waals surface area (Å²) in [6, 6.07) is 13.9. The highest BCUT2D eigenvalue weighted by Crippen LogP contribution is 2.30. The number of aliphatic hydroxyl groups is 1. The highest BCUT2D eigenvalue weighted by molar-refractivity contribution is 7.99. The third kappa shape index (κ3) is 6.28. The summed E-state index contributed by atoms with van der Waals surface area (Å²) in [5, 5.41) is 14.2. The van der Waals surface area contributed by atoms with Crippen molar-refractivity contribution in [3.05, 3.63) is 75.7 Å². The van der Waals surface area contributed by atoms with Gasteiger partial charge in [0.05, 0.1) is 9.21 Å². The van der Waals surface area contributed by atoms with Gasteiger partial charge in [-0.15, -0.1) is 11.3 Å². The number of halogens is 3. The summed E-state index contributed by atoms with van der Waals surface area (Å²) in [6.45, 7) is 6.37. The summed E-state index contributed by atoms with van der Waals surface area (Å²) < 4.78 is 27.4. The molecule has 0 saturated carbocycles. The zero-order valence-corrected chi connectivity index (χ0v) is 20.8. The fraction of sp³-hybridized carbons (Fsp3) is 0.217. The van der Waals surface area contributed by atoms with E-state index in [1.54, 1.807) is 41.0 Å². The normalized spacial score (nSPS) is 12.6. The molecule has 2 N–H and O–H groups in total. The van der Waals surface area contributed by atoms with E-state index >= 15 is 0 Å². The second kappa shape index (κ2) is 10.3. The van der Waals surface area contributed by atoms with Gasteiger partial charge in [-0.3, -0.25) is 0 Å². The Balaban J connectivity index is 1.96. The second-order valence-electron chi connectivity index (χ2n) is 7.90. The molecule has 0 spiro atoms. The number of thiophene rings is 1. The Hall–Kier alpha value is -2.00. The number of aromatic nitrogens is 1. The number of nitrogens with one attached hydrogen (secondary N) is 1. The van der Waals surface area contributed by atoms with Crippen LogP contribution in [0.3, 0.4) is 0 Å². The van der Waals surface area contributed by atoms with E-state index in [2.05, 4.69) is 26.1 Å². The Morgan fingerprint density at radius 3 is 2.22 bits per heavy atom. The number of thioether (sulfide) groups is 1. The number of thiocarbonyl (C=S) groups is 1. The van der Waals surface area contributed by atoms with E-state index in [1.165, 1.54) is 11.3 Å². The van der Waals surface area contributed by atoms with Gasteiger partial charge in [0.15, 0.2) is 17.4 Å². The van der Waals surface area contributed by atoms with E-state index in [0.29, 0.717) is 37.3 Å². The predicted molar refractivity (Wildman–Crippen MR) is 135 cm³/mol. The maximum atomic E-state index is 12.6. The molecule has 9 heteroatoms. The number of hydrogen-bond donors (Lipinski definition) is 2. The van der Waals surface area contributed by atoms with Crippen LogP contribution < -0.4 is 9.88 Å².